The van der Waals surface area contributed by atoms with E-state index < -0.39 is 23.9 Å². The standard InChI is InChI=1S/C6H12N2O4/c1-3(9)4(10)5(11)6(12)8-2-7/h3-4,9-10H,2,7H2,1H3,(H,8,12)/t3?,4-/m0/s1. The molecule has 0 aromatic carbocycles. The quantitative estimate of drug-likeness (QED) is 0.275. The number of Topliss-reactive ketones (excluding diaryl/α,β-unsaturated/α-hetero) is 1. The molecule has 0 fully saturated rings. The number of nitrogens with one attached hydrogen (secondary N) is 1. The van der Waals surface area contributed by atoms with Crippen LogP contribution < -0.4 is 11.1 Å². The average molecular weight is 176 g/mol. The first kappa shape index (κ1) is 11.0. The van der Waals surface area contributed by atoms with Crippen LogP contribution in [0.25, 0.3) is 0 Å². The van der Waals surface area contributed by atoms with E-state index in [-0.39, 0.29) is 6.67 Å². The van der Waals surface area contributed by atoms with Crippen molar-refractivity contribution in [2.75, 3.05) is 6.67 Å². The van der Waals surface area contributed by atoms with Crippen LogP contribution >= 0.6 is 0 Å². The van der Waals surface area contributed by atoms with Crippen molar-refractivity contribution >= 4 is 11.7 Å². The summed E-state index contributed by atoms with van der Waals surface area (Å²) in [6.45, 7) is 1.02. The lowest BCUT2D eigenvalue weighted by Crippen LogP contribution is -2.44. The van der Waals surface area contributed by atoms with Crippen molar-refractivity contribution in [2.45, 2.75) is 19.1 Å². The molecule has 6 heteroatoms. The molecule has 5 N–H and O–H groups in total. The van der Waals surface area contributed by atoms with Gasteiger partial charge in [0.05, 0.1) is 12.8 Å². The van der Waals surface area contributed by atoms with Crippen LogP contribution in [-0.4, -0.2) is 40.8 Å². The zero-order valence-corrected chi connectivity index (χ0v) is 6.65. The SMILES string of the molecule is CC(O)[C@H](O)C(=O)C(=O)NCN. The van der Waals surface area contributed by atoms with E-state index >= 15 is 0 Å². The molecule has 0 rings (SSSR count). The van der Waals surface area contributed by atoms with E-state index in [2.05, 4.69) is 0 Å². The van der Waals surface area contributed by atoms with E-state index in [9.17, 15) is 9.59 Å². The Balaban J connectivity index is 4.10. The van der Waals surface area contributed by atoms with Gasteiger partial charge in [0.15, 0.2) is 0 Å². The molecule has 6 nitrogen and oxygen atoms in total. The lowest BCUT2D eigenvalue weighted by atomic mass is 10.1. The van der Waals surface area contributed by atoms with Crippen molar-refractivity contribution in [3.8, 4) is 0 Å². The van der Waals surface area contributed by atoms with Gasteiger partial charge in [-0.2, -0.15) is 0 Å². The van der Waals surface area contributed by atoms with Gasteiger partial charge in [-0.15, -0.1) is 0 Å². The number of amides is 1. The Morgan fingerprint density at radius 3 is 2.33 bits per heavy atom. The summed E-state index contributed by atoms with van der Waals surface area (Å²) in [7, 11) is 0. The third-order valence-electron chi connectivity index (χ3n) is 1.21. The molecule has 0 aromatic heterocycles. The summed E-state index contributed by atoms with van der Waals surface area (Å²) in [5.74, 6) is -2.08. The fourth-order valence-electron chi connectivity index (χ4n) is 0.533. The first-order valence-corrected chi connectivity index (χ1v) is 3.39. The number of hydrogen-bond acceptors (Lipinski definition) is 5. The number of aliphatic hydroxyl groups is 2. The lowest BCUT2D eigenvalue weighted by Gasteiger charge is -2.10. The molecule has 0 aromatic rings. The molecule has 0 saturated carbocycles. The van der Waals surface area contributed by atoms with E-state index in [4.69, 9.17) is 15.9 Å². The molecule has 0 heterocycles. The number of hydrogen-bond donors (Lipinski definition) is 4. The van der Waals surface area contributed by atoms with Crippen LogP contribution in [0.1, 0.15) is 6.92 Å². The Labute approximate surface area is 69.4 Å². The Morgan fingerprint density at radius 2 is 2.00 bits per heavy atom. The number of ketones is 1. The minimum atomic E-state index is -1.68. The molecule has 0 radical (unpaired) electrons. The second-order valence-corrected chi connectivity index (χ2v) is 2.26. The van der Waals surface area contributed by atoms with Gasteiger partial charge in [-0.1, -0.05) is 0 Å². The molecule has 70 valence electrons. The Morgan fingerprint density at radius 1 is 1.50 bits per heavy atom. The number of carbonyl (C=O) groups excluding carboxylic acids is 2. The first-order valence-electron chi connectivity index (χ1n) is 3.39. The second-order valence-electron chi connectivity index (χ2n) is 2.26. The normalized spacial score (nSPS) is 15.0. The van der Waals surface area contributed by atoms with Gasteiger partial charge in [0.25, 0.3) is 11.7 Å². The molecule has 12 heavy (non-hydrogen) atoms. The van der Waals surface area contributed by atoms with Crippen molar-refractivity contribution in [2.24, 2.45) is 5.73 Å². The topological polar surface area (TPSA) is 113 Å². The Hall–Kier alpha value is -0.980. The van der Waals surface area contributed by atoms with Crippen LogP contribution in [0.15, 0.2) is 0 Å². The summed E-state index contributed by atoms with van der Waals surface area (Å²) in [4.78, 5) is 21.5. The summed E-state index contributed by atoms with van der Waals surface area (Å²) in [6.07, 6.45) is -2.95. The zero-order valence-electron chi connectivity index (χ0n) is 6.65. The van der Waals surface area contributed by atoms with E-state index in [1.807, 2.05) is 5.32 Å². The number of aliphatic hydroxyl groups excluding tert-OH is 2. The van der Waals surface area contributed by atoms with Gasteiger partial charge in [-0.05, 0) is 6.92 Å². The van der Waals surface area contributed by atoms with Crippen LogP contribution in [0, 0.1) is 0 Å². The number of nitrogens with two attached hydrogens (primary N) is 1. The molecule has 0 saturated heterocycles. The lowest BCUT2D eigenvalue weighted by molar-refractivity contribution is -0.146. The minimum absolute atomic E-state index is 0.183. The van der Waals surface area contributed by atoms with Crippen molar-refractivity contribution in [3.63, 3.8) is 0 Å². The van der Waals surface area contributed by atoms with Crippen molar-refractivity contribution in [1.29, 1.82) is 0 Å². The third-order valence-corrected chi connectivity index (χ3v) is 1.21. The van der Waals surface area contributed by atoms with E-state index in [1.165, 1.54) is 6.92 Å². The van der Waals surface area contributed by atoms with Crippen LogP contribution in [0.4, 0.5) is 0 Å². The summed E-state index contributed by atoms with van der Waals surface area (Å²) < 4.78 is 0. The van der Waals surface area contributed by atoms with Crippen molar-refractivity contribution in [3.05, 3.63) is 0 Å². The minimum Gasteiger partial charge on any atom is -0.390 e. The maximum Gasteiger partial charge on any atom is 0.291 e. The van der Waals surface area contributed by atoms with Crippen molar-refractivity contribution in [1.82, 2.24) is 5.32 Å². The fraction of sp³-hybridized carbons (Fsp3) is 0.667. The van der Waals surface area contributed by atoms with Gasteiger partial charge in [-0.3, -0.25) is 9.59 Å². The van der Waals surface area contributed by atoms with E-state index in [1.54, 1.807) is 0 Å². The van der Waals surface area contributed by atoms with Gasteiger partial charge in [-0.25, -0.2) is 0 Å². The largest absolute Gasteiger partial charge is 0.390 e. The molecular formula is C6H12N2O4. The highest BCUT2D eigenvalue weighted by Gasteiger charge is 2.26. The molecule has 1 amide bonds. The average Bonchev–Trinajstić information content (AvgIpc) is 2.02. The monoisotopic (exact) mass is 176 g/mol. The molecule has 0 aliphatic carbocycles. The molecule has 0 aliphatic heterocycles. The van der Waals surface area contributed by atoms with Gasteiger partial charge < -0.3 is 21.3 Å². The maximum absolute atomic E-state index is 10.8. The highest BCUT2D eigenvalue weighted by molar-refractivity contribution is 6.37. The highest BCUT2D eigenvalue weighted by atomic mass is 16.3. The summed E-state index contributed by atoms with van der Waals surface area (Å²) in [6, 6.07) is 0. The van der Waals surface area contributed by atoms with E-state index in [0.29, 0.717) is 0 Å². The summed E-state index contributed by atoms with van der Waals surface area (Å²) in [5, 5.41) is 19.6. The Bertz CT molecular complexity index is 180. The zero-order chi connectivity index (χ0) is 9.72. The van der Waals surface area contributed by atoms with E-state index in [0.717, 1.165) is 0 Å². The van der Waals surface area contributed by atoms with Crippen LogP contribution in [0.5, 0.6) is 0 Å². The van der Waals surface area contributed by atoms with Crippen LogP contribution in [-0.2, 0) is 9.59 Å². The molecule has 1 unspecified atom stereocenters. The number of rotatable bonds is 4. The van der Waals surface area contributed by atoms with Gasteiger partial charge in [0, 0.05) is 0 Å². The van der Waals surface area contributed by atoms with Gasteiger partial charge in [0.1, 0.15) is 6.10 Å². The van der Waals surface area contributed by atoms with Gasteiger partial charge >= 0.3 is 0 Å². The molecular weight excluding hydrogens is 164 g/mol. The second kappa shape index (κ2) is 4.81. The number of carbonyl (C=O) groups is 2. The molecule has 0 spiro atoms. The predicted molar refractivity (Wildman–Crippen MR) is 39.9 cm³/mol. The third kappa shape index (κ3) is 2.95. The maximum atomic E-state index is 10.8. The molecule has 0 bridgehead atoms. The molecule has 0 aliphatic rings. The summed E-state index contributed by atoms with van der Waals surface area (Å²) in [5.41, 5.74) is 4.92. The summed E-state index contributed by atoms with van der Waals surface area (Å²) >= 11 is 0. The van der Waals surface area contributed by atoms with Crippen molar-refractivity contribution < 1.29 is 19.8 Å². The van der Waals surface area contributed by atoms with Crippen LogP contribution in [0.2, 0.25) is 0 Å². The Kier molecular flexibility index (Phi) is 4.42. The van der Waals surface area contributed by atoms with Gasteiger partial charge in [0.2, 0.25) is 0 Å². The van der Waals surface area contributed by atoms with Crippen LogP contribution in [0.3, 0.4) is 0 Å². The predicted octanol–water partition coefficient (Wildman–Crippen LogP) is -2.67. The fourth-order valence-corrected chi connectivity index (χ4v) is 0.533. The smallest absolute Gasteiger partial charge is 0.291 e. The highest BCUT2D eigenvalue weighted by Crippen LogP contribution is 1.93. The first-order chi connectivity index (χ1) is 5.50. The molecule has 2 atom stereocenters.